The van der Waals surface area contributed by atoms with Crippen LogP contribution < -0.4 is 0 Å². The number of carboxylic acids is 1. The lowest BCUT2D eigenvalue weighted by Gasteiger charge is -2.24. The van der Waals surface area contributed by atoms with Crippen LogP contribution in [-0.4, -0.2) is 29.1 Å². The van der Waals surface area contributed by atoms with E-state index in [-0.39, 0.29) is 6.42 Å². The van der Waals surface area contributed by atoms with Gasteiger partial charge in [0.25, 0.3) is 0 Å². The van der Waals surface area contributed by atoms with E-state index >= 15 is 0 Å². The molecule has 0 amide bonds. The summed E-state index contributed by atoms with van der Waals surface area (Å²) in [6.07, 6.45) is 2.55. The molecule has 17 heavy (non-hydrogen) atoms. The Bertz CT molecular complexity index is 403. The van der Waals surface area contributed by atoms with Crippen LogP contribution in [-0.2, 0) is 4.79 Å². The van der Waals surface area contributed by atoms with Gasteiger partial charge in [0.2, 0.25) is 0 Å². The quantitative estimate of drug-likeness (QED) is 0.869. The zero-order valence-electron chi connectivity index (χ0n) is 10.2. The van der Waals surface area contributed by atoms with Gasteiger partial charge in [0, 0.05) is 12.6 Å². The van der Waals surface area contributed by atoms with E-state index in [1.54, 1.807) is 0 Å². The van der Waals surface area contributed by atoms with Gasteiger partial charge in [-0.15, -0.1) is 0 Å². The summed E-state index contributed by atoms with van der Waals surface area (Å²) in [5.74, 6) is -0.708. The first-order valence-corrected chi connectivity index (χ1v) is 6.19. The van der Waals surface area contributed by atoms with Crippen molar-refractivity contribution in [2.45, 2.75) is 32.2 Å². The smallest absolute Gasteiger partial charge is 0.304 e. The number of aliphatic carboxylic acids is 1. The van der Waals surface area contributed by atoms with Crippen molar-refractivity contribution in [1.29, 1.82) is 0 Å². The van der Waals surface area contributed by atoms with Gasteiger partial charge >= 0.3 is 5.97 Å². The number of carboxylic acid groups (broad SMARTS) is 1. The Morgan fingerprint density at radius 3 is 3.06 bits per heavy atom. The molecule has 3 heteroatoms. The maximum Gasteiger partial charge on any atom is 0.304 e. The van der Waals surface area contributed by atoms with Crippen LogP contribution in [0.2, 0.25) is 0 Å². The molecule has 0 spiro atoms. The van der Waals surface area contributed by atoms with Crippen LogP contribution in [0.5, 0.6) is 0 Å². The Morgan fingerprint density at radius 2 is 2.35 bits per heavy atom. The molecule has 2 rings (SSSR count). The van der Waals surface area contributed by atoms with Gasteiger partial charge in [-0.05, 0) is 31.9 Å². The van der Waals surface area contributed by atoms with Crippen LogP contribution in [0.3, 0.4) is 0 Å². The molecule has 1 aliphatic heterocycles. The fraction of sp³-hybridized carbons (Fsp3) is 0.500. The van der Waals surface area contributed by atoms with E-state index in [0.29, 0.717) is 12.6 Å². The van der Waals surface area contributed by atoms with Crippen molar-refractivity contribution in [1.82, 2.24) is 4.90 Å². The van der Waals surface area contributed by atoms with Crippen LogP contribution in [0.4, 0.5) is 0 Å². The van der Waals surface area contributed by atoms with E-state index in [1.165, 1.54) is 11.1 Å². The molecule has 1 atom stereocenters. The van der Waals surface area contributed by atoms with E-state index < -0.39 is 5.97 Å². The molecular formula is C14H19NO2. The lowest BCUT2D eigenvalue weighted by molar-refractivity contribution is -0.137. The van der Waals surface area contributed by atoms with E-state index in [2.05, 4.69) is 36.1 Å². The van der Waals surface area contributed by atoms with Crippen molar-refractivity contribution in [3.63, 3.8) is 0 Å². The summed E-state index contributed by atoms with van der Waals surface area (Å²) in [4.78, 5) is 12.9. The Morgan fingerprint density at radius 1 is 1.53 bits per heavy atom. The Balaban J connectivity index is 2.06. The molecule has 1 saturated heterocycles. The molecule has 1 fully saturated rings. The maximum absolute atomic E-state index is 10.6. The molecule has 92 valence electrons. The second-order valence-electron chi connectivity index (χ2n) is 4.75. The van der Waals surface area contributed by atoms with Crippen molar-refractivity contribution < 1.29 is 9.90 Å². The van der Waals surface area contributed by atoms with E-state index in [0.717, 1.165) is 19.4 Å². The number of benzene rings is 1. The second kappa shape index (κ2) is 5.32. The third kappa shape index (κ3) is 3.07. The average molecular weight is 233 g/mol. The SMILES string of the molecule is Cc1cccc([C@@H]2CCCN2CCC(=O)O)c1. The molecule has 1 aromatic carbocycles. The molecule has 3 nitrogen and oxygen atoms in total. The molecule has 1 heterocycles. The highest BCUT2D eigenvalue weighted by atomic mass is 16.4. The van der Waals surface area contributed by atoms with Crippen molar-refractivity contribution in [2.75, 3.05) is 13.1 Å². The molecule has 0 bridgehead atoms. The third-order valence-corrected chi connectivity index (χ3v) is 3.40. The number of hydrogen-bond acceptors (Lipinski definition) is 2. The minimum Gasteiger partial charge on any atom is -0.481 e. The van der Waals surface area contributed by atoms with Gasteiger partial charge in [-0.25, -0.2) is 0 Å². The fourth-order valence-corrected chi connectivity index (χ4v) is 2.59. The van der Waals surface area contributed by atoms with Crippen LogP contribution >= 0.6 is 0 Å². The normalized spacial score (nSPS) is 20.6. The zero-order chi connectivity index (χ0) is 12.3. The van der Waals surface area contributed by atoms with E-state index in [9.17, 15) is 4.79 Å². The summed E-state index contributed by atoms with van der Waals surface area (Å²) < 4.78 is 0. The van der Waals surface area contributed by atoms with Gasteiger partial charge < -0.3 is 5.11 Å². The van der Waals surface area contributed by atoms with Gasteiger partial charge in [-0.3, -0.25) is 9.69 Å². The number of carbonyl (C=O) groups is 1. The summed E-state index contributed by atoms with van der Waals surface area (Å²) in [6, 6.07) is 8.95. The molecular weight excluding hydrogens is 214 g/mol. The fourth-order valence-electron chi connectivity index (χ4n) is 2.59. The number of aryl methyl sites for hydroxylation is 1. The first-order chi connectivity index (χ1) is 8.16. The number of nitrogens with zero attached hydrogens (tertiary/aromatic N) is 1. The number of likely N-dealkylation sites (tertiary alicyclic amines) is 1. The van der Waals surface area contributed by atoms with Gasteiger partial charge in [0.1, 0.15) is 0 Å². The zero-order valence-corrected chi connectivity index (χ0v) is 10.2. The van der Waals surface area contributed by atoms with Gasteiger partial charge in [-0.1, -0.05) is 29.8 Å². The average Bonchev–Trinajstić information content (AvgIpc) is 2.74. The standard InChI is InChI=1S/C14H19NO2/c1-11-4-2-5-12(10-11)13-6-3-8-15(13)9-7-14(16)17/h2,4-5,10,13H,3,6-9H2,1H3,(H,16,17)/t13-/m0/s1. The minimum absolute atomic E-state index is 0.238. The Labute approximate surface area is 102 Å². The van der Waals surface area contributed by atoms with Gasteiger partial charge in [-0.2, -0.15) is 0 Å². The number of hydrogen-bond donors (Lipinski definition) is 1. The lowest BCUT2D eigenvalue weighted by Crippen LogP contribution is -2.26. The first kappa shape index (κ1) is 12.1. The van der Waals surface area contributed by atoms with Crippen LogP contribution in [0.25, 0.3) is 0 Å². The second-order valence-corrected chi connectivity index (χ2v) is 4.75. The lowest BCUT2D eigenvalue weighted by atomic mass is 10.0. The Hall–Kier alpha value is -1.35. The third-order valence-electron chi connectivity index (χ3n) is 3.40. The molecule has 0 aromatic heterocycles. The van der Waals surface area contributed by atoms with Crippen molar-refractivity contribution in [3.8, 4) is 0 Å². The van der Waals surface area contributed by atoms with Gasteiger partial charge in [0.05, 0.1) is 6.42 Å². The summed E-state index contributed by atoms with van der Waals surface area (Å²) in [5, 5.41) is 8.75. The molecule has 0 saturated carbocycles. The largest absolute Gasteiger partial charge is 0.481 e. The molecule has 1 aromatic rings. The molecule has 1 N–H and O–H groups in total. The molecule has 0 unspecified atom stereocenters. The topological polar surface area (TPSA) is 40.5 Å². The molecule has 0 radical (unpaired) electrons. The summed E-state index contributed by atoms with van der Waals surface area (Å²) in [5.41, 5.74) is 2.60. The minimum atomic E-state index is -0.708. The van der Waals surface area contributed by atoms with Crippen LogP contribution in [0.1, 0.15) is 36.4 Å². The predicted molar refractivity (Wildman–Crippen MR) is 67.0 cm³/mol. The first-order valence-electron chi connectivity index (χ1n) is 6.19. The summed E-state index contributed by atoms with van der Waals surface area (Å²) >= 11 is 0. The Kier molecular flexibility index (Phi) is 3.79. The molecule has 0 aliphatic carbocycles. The molecule has 1 aliphatic rings. The van der Waals surface area contributed by atoms with E-state index in [1.807, 2.05) is 0 Å². The highest BCUT2D eigenvalue weighted by Gasteiger charge is 2.25. The highest BCUT2D eigenvalue weighted by Crippen LogP contribution is 2.32. The predicted octanol–water partition coefficient (Wildman–Crippen LogP) is 2.61. The van der Waals surface area contributed by atoms with Crippen molar-refractivity contribution in [2.24, 2.45) is 0 Å². The summed E-state index contributed by atoms with van der Waals surface area (Å²) in [6.45, 7) is 3.78. The number of rotatable bonds is 4. The summed E-state index contributed by atoms with van der Waals surface area (Å²) in [7, 11) is 0. The maximum atomic E-state index is 10.6. The van der Waals surface area contributed by atoms with Crippen LogP contribution in [0.15, 0.2) is 24.3 Å². The van der Waals surface area contributed by atoms with E-state index in [4.69, 9.17) is 5.11 Å². The monoisotopic (exact) mass is 233 g/mol. The van der Waals surface area contributed by atoms with Crippen LogP contribution in [0, 0.1) is 6.92 Å². The highest BCUT2D eigenvalue weighted by molar-refractivity contribution is 5.66. The van der Waals surface area contributed by atoms with Crippen molar-refractivity contribution in [3.05, 3.63) is 35.4 Å². The van der Waals surface area contributed by atoms with Gasteiger partial charge in [0.15, 0.2) is 0 Å². The van der Waals surface area contributed by atoms with Crippen molar-refractivity contribution >= 4 is 5.97 Å².